The van der Waals surface area contributed by atoms with E-state index in [-0.39, 0.29) is 24.3 Å². The van der Waals surface area contributed by atoms with Crippen LogP contribution in [0, 0.1) is 0 Å². The van der Waals surface area contributed by atoms with Crippen molar-refractivity contribution in [2.24, 2.45) is 0 Å². The van der Waals surface area contributed by atoms with Gasteiger partial charge in [0.25, 0.3) is 0 Å². The summed E-state index contributed by atoms with van der Waals surface area (Å²) in [6.45, 7) is 12.0. The second kappa shape index (κ2) is 5.45. The van der Waals surface area contributed by atoms with Crippen LogP contribution in [0.15, 0.2) is 0 Å². The van der Waals surface area contributed by atoms with Crippen LogP contribution >= 0.6 is 7.60 Å². The maximum absolute atomic E-state index is 12.9. The fraction of sp³-hybridized carbons (Fsp3) is 1.00. The predicted octanol–water partition coefficient (Wildman–Crippen LogP) is 2.88. The molecule has 1 aliphatic heterocycles. The summed E-state index contributed by atoms with van der Waals surface area (Å²) in [6.07, 6.45) is 0.668. The molecule has 1 rings (SSSR count). The van der Waals surface area contributed by atoms with Crippen LogP contribution in [0.25, 0.3) is 0 Å². The van der Waals surface area contributed by atoms with E-state index in [2.05, 4.69) is 5.32 Å². The van der Waals surface area contributed by atoms with Gasteiger partial charge in [-0.1, -0.05) is 0 Å². The summed E-state index contributed by atoms with van der Waals surface area (Å²) in [4.78, 5) is 0. The second-order valence-electron chi connectivity index (χ2n) is 6.56. The maximum Gasteiger partial charge on any atom is 0.362 e. The molecule has 6 heteroatoms. The maximum atomic E-state index is 12.9. The molecule has 19 heavy (non-hydrogen) atoms. The van der Waals surface area contributed by atoms with Gasteiger partial charge in [0.2, 0.25) is 0 Å². The van der Waals surface area contributed by atoms with E-state index in [0.717, 1.165) is 0 Å². The highest BCUT2D eigenvalue weighted by molar-refractivity contribution is 7.55. The van der Waals surface area contributed by atoms with E-state index < -0.39 is 12.9 Å². The summed E-state index contributed by atoms with van der Waals surface area (Å²) >= 11 is 0. The van der Waals surface area contributed by atoms with Gasteiger partial charge in [-0.05, 0) is 41.5 Å². The number of nitrogens with one attached hydrogen (secondary N) is 1. The third kappa shape index (κ3) is 3.79. The van der Waals surface area contributed by atoms with Crippen LogP contribution in [0.5, 0.6) is 0 Å². The third-order valence-electron chi connectivity index (χ3n) is 3.23. The minimum Gasteiger partial charge on any atom is -0.377 e. The second-order valence-corrected chi connectivity index (χ2v) is 8.91. The summed E-state index contributed by atoms with van der Waals surface area (Å²) in [6, 6.07) is 0. The van der Waals surface area contributed by atoms with Crippen molar-refractivity contribution >= 4 is 7.60 Å². The molecule has 0 radical (unpaired) electrons. The molecule has 5 nitrogen and oxygen atoms in total. The first-order chi connectivity index (χ1) is 8.49. The molecule has 0 aliphatic carbocycles. The van der Waals surface area contributed by atoms with E-state index in [9.17, 15) is 9.67 Å². The van der Waals surface area contributed by atoms with Gasteiger partial charge in [-0.15, -0.1) is 0 Å². The van der Waals surface area contributed by atoms with Crippen molar-refractivity contribution in [3.63, 3.8) is 0 Å². The van der Waals surface area contributed by atoms with Gasteiger partial charge in [-0.25, -0.2) is 0 Å². The molecular weight excluding hydrogens is 265 g/mol. The highest BCUT2D eigenvalue weighted by Gasteiger charge is 2.58. The zero-order valence-electron chi connectivity index (χ0n) is 12.9. The van der Waals surface area contributed by atoms with Crippen molar-refractivity contribution in [1.82, 2.24) is 5.32 Å². The number of hydrogen-bond acceptors (Lipinski definition) is 5. The van der Waals surface area contributed by atoms with Crippen molar-refractivity contribution in [3.8, 4) is 0 Å². The Labute approximate surface area is 116 Å². The molecule has 0 aromatic carbocycles. The van der Waals surface area contributed by atoms with Crippen LogP contribution in [0.4, 0.5) is 0 Å². The third-order valence-corrected chi connectivity index (χ3v) is 5.77. The minimum absolute atomic E-state index is 0.258. The van der Waals surface area contributed by atoms with Gasteiger partial charge in [0.05, 0.1) is 13.2 Å². The molecule has 0 spiro atoms. The first kappa shape index (κ1) is 17.1. The van der Waals surface area contributed by atoms with Gasteiger partial charge in [-0.2, -0.15) is 0 Å². The Morgan fingerprint density at radius 2 is 1.42 bits per heavy atom. The van der Waals surface area contributed by atoms with E-state index in [1.807, 2.05) is 27.7 Å². The first-order valence-electron chi connectivity index (χ1n) is 6.90. The SMILES string of the molecule is CCOP(=O)(OCC)C1(O)CC(C)(C)NC(C)(C)C1. The molecule has 1 heterocycles. The van der Waals surface area contributed by atoms with Crippen molar-refractivity contribution in [3.05, 3.63) is 0 Å². The molecule has 1 aliphatic rings. The van der Waals surface area contributed by atoms with Crippen LogP contribution < -0.4 is 5.32 Å². The molecule has 114 valence electrons. The van der Waals surface area contributed by atoms with Gasteiger partial charge in [0, 0.05) is 23.9 Å². The Kier molecular flexibility index (Phi) is 4.92. The molecule has 0 atom stereocenters. The monoisotopic (exact) mass is 293 g/mol. The average molecular weight is 293 g/mol. The Bertz CT molecular complexity index is 342. The lowest BCUT2D eigenvalue weighted by atomic mass is 9.80. The van der Waals surface area contributed by atoms with Crippen molar-refractivity contribution < 1.29 is 18.7 Å². The van der Waals surface area contributed by atoms with Crippen molar-refractivity contribution in [2.45, 2.75) is 70.8 Å². The fourth-order valence-corrected chi connectivity index (χ4v) is 5.71. The van der Waals surface area contributed by atoms with E-state index in [1.54, 1.807) is 13.8 Å². The summed E-state index contributed by atoms with van der Waals surface area (Å²) < 4.78 is 23.7. The smallest absolute Gasteiger partial charge is 0.362 e. The number of piperidine rings is 1. The summed E-state index contributed by atoms with van der Waals surface area (Å²) in [5.74, 6) is 0. The number of hydrogen-bond donors (Lipinski definition) is 2. The average Bonchev–Trinajstić information content (AvgIpc) is 2.11. The van der Waals surface area contributed by atoms with Gasteiger partial charge < -0.3 is 19.5 Å². The van der Waals surface area contributed by atoms with E-state index in [1.165, 1.54) is 0 Å². The van der Waals surface area contributed by atoms with Crippen LogP contribution in [0.2, 0.25) is 0 Å². The normalized spacial score (nSPS) is 25.2. The van der Waals surface area contributed by atoms with Gasteiger partial charge in [-0.3, -0.25) is 4.57 Å². The predicted molar refractivity (Wildman–Crippen MR) is 76.3 cm³/mol. The molecule has 0 aromatic rings. The first-order valence-corrected chi connectivity index (χ1v) is 8.44. The molecule has 0 unspecified atom stereocenters. The standard InChI is InChI=1S/C13H28NO4P/c1-7-17-19(16,18-8-2)13(15)9-11(3,4)14-12(5,6)10-13/h14-15H,7-10H2,1-6H3. The molecular formula is C13H28NO4P. The molecule has 0 saturated carbocycles. The zero-order valence-corrected chi connectivity index (χ0v) is 13.8. The van der Waals surface area contributed by atoms with E-state index in [0.29, 0.717) is 12.8 Å². The molecule has 1 fully saturated rings. The quantitative estimate of drug-likeness (QED) is 0.763. The zero-order chi connectivity index (χ0) is 14.9. The van der Waals surface area contributed by atoms with Crippen LogP contribution in [-0.2, 0) is 13.6 Å². The summed E-state index contributed by atoms with van der Waals surface area (Å²) in [5.41, 5.74) is -0.666. The number of rotatable bonds is 5. The van der Waals surface area contributed by atoms with E-state index in [4.69, 9.17) is 9.05 Å². The molecule has 0 bridgehead atoms. The number of aliphatic hydroxyl groups is 1. The Hall–Kier alpha value is 0.0700. The Morgan fingerprint density at radius 1 is 1.05 bits per heavy atom. The van der Waals surface area contributed by atoms with Crippen LogP contribution in [0.1, 0.15) is 54.4 Å². The lowest BCUT2D eigenvalue weighted by molar-refractivity contribution is -0.0211. The molecule has 2 N–H and O–H groups in total. The summed E-state index contributed by atoms with van der Waals surface area (Å²) in [7, 11) is -3.55. The van der Waals surface area contributed by atoms with Crippen LogP contribution in [0.3, 0.4) is 0 Å². The van der Waals surface area contributed by atoms with Crippen molar-refractivity contribution in [1.29, 1.82) is 0 Å². The minimum atomic E-state index is -3.55. The van der Waals surface area contributed by atoms with Crippen LogP contribution in [-0.4, -0.2) is 34.7 Å². The Morgan fingerprint density at radius 3 is 1.74 bits per heavy atom. The molecule has 0 aromatic heterocycles. The highest BCUT2D eigenvalue weighted by Crippen LogP contribution is 2.64. The molecule has 0 amide bonds. The topological polar surface area (TPSA) is 67.8 Å². The van der Waals surface area contributed by atoms with Gasteiger partial charge in [0.15, 0.2) is 5.34 Å². The fourth-order valence-electron chi connectivity index (χ4n) is 3.29. The highest BCUT2D eigenvalue weighted by atomic mass is 31.2. The lowest BCUT2D eigenvalue weighted by Gasteiger charge is -2.51. The Balaban J connectivity index is 3.15. The lowest BCUT2D eigenvalue weighted by Crippen LogP contribution is -2.63. The summed E-state index contributed by atoms with van der Waals surface area (Å²) in [5, 5.41) is 13.0. The van der Waals surface area contributed by atoms with E-state index >= 15 is 0 Å². The van der Waals surface area contributed by atoms with Gasteiger partial charge >= 0.3 is 7.60 Å². The molecule has 1 saturated heterocycles. The largest absolute Gasteiger partial charge is 0.377 e. The van der Waals surface area contributed by atoms with Gasteiger partial charge in [0.1, 0.15) is 0 Å². The van der Waals surface area contributed by atoms with Crippen molar-refractivity contribution in [2.75, 3.05) is 13.2 Å².